The molecule has 74 valence electrons. The molecule has 1 atom stereocenters. The van der Waals surface area contributed by atoms with Crippen LogP contribution in [-0.2, 0) is 13.0 Å². The van der Waals surface area contributed by atoms with Crippen LogP contribution in [0.25, 0.3) is 0 Å². The summed E-state index contributed by atoms with van der Waals surface area (Å²) < 4.78 is 0. The molecule has 1 aliphatic heterocycles. The van der Waals surface area contributed by atoms with E-state index < -0.39 is 0 Å². The highest BCUT2D eigenvalue weighted by atomic mass is 16.6. The van der Waals surface area contributed by atoms with E-state index in [9.17, 15) is 10.1 Å². The topological polar surface area (TPSA) is 55.2 Å². The first kappa shape index (κ1) is 9.15. The zero-order valence-electron chi connectivity index (χ0n) is 7.99. The van der Waals surface area contributed by atoms with Gasteiger partial charge in [0.05, 0.1) is 4.92 Å². The van der Waals surface area contributed by atoms with Crippen LogP contribution in [0.2, 0.25) is 0 Å². The van der Waals surface area contributed by atoms with Crippen LogP contribution in [0.5, 0.6) is 0 Å². The maximum Gasteiger partial charge on any atom is 0.274 e. The van der Waals surface area contributed by atoms with Crippen LogP contribution in [0.3, 0.4) is 0 Å². The van der Waals surface area contributed by atoms with Gasteiger partial charge in [0.2, 0.25) is 0 Å². The molecule has 0 amide bonds. The number of rotatable bonds is 1. The Labute approximate surface area is 82.1 Å². The van der Waals surface area contributed by atoms with Gasteiger partial charge in [-0.05, 0) is 18.9 Å². The summed E-state index contributed by atoms with van der Waals surface area (Å²) in [5.74, 6) is 0. The van der Waals surface area contributed by atoms with Crippen molar-refractivity contribution >= 4 is 5.69 Å². The lowest BCUT2D eigenvalue weighted by Crippen LogP contribution is -2.33. The predicted molar refractivity (Wildman–Crippen MR) is 53.1 cm³/mol. The summed E-state index contributed by atoms with van der Waals surface area (Å²) in [6.07, 6.45) is 0.872. The van der Waals surface area contributed by atoms with Crippen molar-refractivity contribution in [3.63, 3.8) is 0 Å². The van der Waals surface area contributed by atoms with E-state index in [0.29, 0.717) is 12.6 Å². The lowest BCUT2D eigenvalue weighted by atomic mass is 9.95. The molecule has 1 aromatic rings. The second-order valence-electron chi connectivity index (χ2n) is 3.66. The first-order chi connectivity index (χ1) is 6.68. The monoisotopic (exact) mass is 192 g/mol. The number of fused-ring (bicyclic) bond motifs is 1. The molecular weight excluding hydrogens is 180 g/mol. The Bertz CT molecular complexity index is 376. The lowest BCUT2D eigenvalue weighted by molar-refractivity contribution is -0.385. The quantitative estimate of drug-likeness (QED) is 0.543. The van der Waals surface area contributed by atoms with E-state index in [2.05, 4.69) is 12.2 Å². The zero-order chi connectivity index (χ0) is 10.1. The second-order valence-corrected chi connectivity index (χ2v) is 3.66. The normalized spacial score (nSPS) is 20.2. The molecule has 2 rings (SSSR count). The molecule has 0 spiro atoms. The molecule has 4 heteroatoms. The van der Waals surface area contributed by atoms with Crippen molar-refractivity contribution in [1.29, 1.82) is 0 Å². The van der Waals surface area contributed by atoms with Crippen LogP contribution < -0.4 is 5.32 Å². The van der Waals surface area contributed by atoms with Crippen LogP contribution >= 0.6 is 0 Å². The average molecular weight is 192 g/mol. The van der Waals surface area contributed by atoms with Gasteiger partial charge in [-0.25, -0.2) is 0 Å². The van der Waals surface area contributed by atoms with Gasteiger partial charge in [-0.3, -0.25) is 10.1 Å². The van der Waals surface area contributed by atoms with Crippen molar-refractivity contribution in [1.82, 2.24) is 5.32 Å². The van der Waals surface area contributed by atoms with E-state index in [1.807, 2.05) is 6.07 Å². The third-order valence-corrected chi connectivity index (χ3v) is 2.60. The van der Waals surface area contributed by atoms with Crippen molar-refractivity contribution in [2.45, 2.75) is 25.9 Å². The Balaban J connectivity index is 2.46. The van der Waals surface area contributed by atoms with Crippen LogP contribution in [0.4, 0.5) is 5.69 Å². The molecule has 0 radical (unpaired) electrons. The standard InChI is InChI=1S/C10H12N2O2/c1-7-5-8-3-2-4-10(12(13)14)9(8)6-11-7/h2-4,7,11H,5-6H2,1H3/t7-/m0/s1. The molecule has 0 saturated carbocycles. The van der Waals surface area contributed by atoms with Crippen molar-refractivity contribution in [2.24, 2.45) is 0 Å². The average Bonchev–Trinajstić information content (AvgIpc) is 2.16. The van der Waals surface area contributed by atoms with E-state index in [1.165, 1.54) is 0 Å². The molecule has 14 heavy (non-hydrogen) atoms. The van der Waals surface area contributed by atoms with Crippen molar-refractivity contribution in [3.8, 4) is 0 Å². The van der Waals surface area contributed by atoms with Gasteiger partial charge in [0.15, 0.2) is 0 Å². The minimum absolute atomic E-state index is 0.238. The van der Waals surface area contributed by atoms with Crippen LogP contribution in [0, 0.1) is 10.1 Å². The van der Waals surface area contributed by atoms with Crippen LogP contribution in [-0.4, -0.2) is 11.0 Å². The lowest BCUT2D eigenvalue weighted by Gasteiger charge is -2.22. The zero-order valence-corrected chi connectivity index (χ0v) is 7.99. The van der Waals surface area contributed by atoms with Gasteiger partial charge in [-0.15, -0.1) is 0 Å². The SMILES string of the molecule is C[C@H]1Cc2cccc([N+](=O)[O-])c2CN1. The Morgan fingerprint density at radius 3 is 3.07 bits per heavy atom. The number of nitro benzene ring substituents is 1. The van der Waals surface area contributed by atoms with Gasteiger partial charge >= 0.3 is 0 Å². The summed E-state index contributed by atoms with van der Waals surface area (Å²) in [6, 6.07) is 5.70. The second kappa shape index (κ2) is 3.38. The summed E-state index contributed by atoms with van der Waals surface area (Å²) in [7, 11) is 0. The van der Waals surface area contributed by atoms with E-state index in [4.69, 9.17) is 0 Å². The fourth-order valence-corrected chi connectivity index (χ4v) is 1.87. The van der Waals surface area contributed by atoms with Gasteiger partial charge in [0.1, 0.15) is 0 Å². The van der Waals surface area contributed by atoms with Gasteiger partial charge < -0.3 is 5.32 Å². The minimum Gasteiger partial charge on any atom is -0.310 e. The smallest absolute Gasteiger partial charge is 0.274 e. The first-order valence-corrected chi connectivity index (χ1v) is 4.67. The van der Waals surface area contributed by atoms with Crippen LogP contribution in [0.1, 0.15) is 18.1 Å². The van der Waals surface area contributed by atoms with Gasteiger partial charge in [0, 0.05) is 24.2 Å². The molecule has 0 bridgehead atoms. The number of hydrogen-bond donors (Lipinski definition) is 1. The molecule has 0 saturated heterocycles. The van der Waals surface area contributed by atoms with Crippen molar-refractivity contribution < 1.29 is 4.92 Å². The number of nitro groups is 1. The third-order valence-electron chi connectivity index (χ3n) is 2.60. The highest BCUT2D eigenvalue weighted by Gasteiger charge is 2.22. The fraction of sp³-hybridized carbons (Fsp3) is 0.400. The minimum atomic E-state index is -0.309. The largest absolute Gasteiger partial charge is 0.310 e. The van der Waals surface area contributed by atoms with E-state index in [1.54, 1.807) is 12.1 Å². The van der Waals surface area contributed by atoms with Gasteiger partial charge in [-0.2, -0.15) is 0 Å². The van der Waals surface area contributed by atoms with Gasteiger partial charge in [0.25, 0.3) is 5.69 Å². The number of hydrogen-bond acceptors (Lipinski definition) is 3. The summed E-state index contributed by atoms with van der Waals surface area (Å²) in [5, 5.41) is 14.0. The number of nitrogens with zero attached hydrogens (tertiary/aromatic N) is 1. The number of nitrogens with one attached hydrogen (secondary N) is 1. The Kier molecular flexibility index (Phi) is 2.21. The molecule has 0 aromatic heterocycles. The van der Waals surface area contributed by atoms with E-state index in [0.717, 1.165) is 17.5 Å². The molecule has 4 nitrogen and oxygen atoms in total. The molecule has 1 heterocycles. The molecule has 1 N–H and O–H groups in total. The maximum absolute atomic E-state index is 10.7. The molecular formula is C10H12N2O2. The third kappa shape index (κ3) is 1.48. The summed E-state index contributed by atoms with van der Waals surface area (Å²) in [6.45, 7) is 2.69. The first-order valence-electron chi connectivity index (χ1n) is 4.67. The Morgan fingerprint density at radius 1 is 1.57 bits per heavy atom. The van der Waals surface area contributed by atoms with E-state index in [-0.39, 0.29) is 10.6 Å². The summed E-state index contributed by atoms with van der Waals surface area (Å²) >= 11 is 0. The highest BCUT2D eigenvalue weighted by molar-refractivity contribution is 5.46. The van der Waals surface area contributed by atoms with Crippen LogP contribution in [0.15, 0.2) is 18.2 Å². The fourth-order valence-electron chi connectivity index (χ4n) is 1.87. The molecule has 0 fully saturated rings. The maximum atomic E-state index is 10.7. The van der Waals surface area contributed by atoms with E-state index >= 15 is 0 Å². The predicted octanol–water partition coefficient (Wildman–Crippen LogP) is 1.63. The Morgan fingerprint density at radius 2 is 2.36 bits per heavy atom. The Hall–Kier alpha value is -1.42. The highest BCUT2D eigenvalue weighted by Crippen LogP contribution is 2.25. The molecule has 1 aliphatic rings. The number of benzene rings is 1. The summed E-state index contributed by atoms with van der Waals surface area (Å²) in [4.78, 5) is 10.4. The molecule has 1 aromatic carbocycles. The van der Waals surface area contributed by atoms with Crippen molar-refractivity contribution in [3.05, 3.63) is 39.4 Å². The molecule has 0 aliphatic carbocycles. The molecule has 0 unspecified atom stereocenters. The van der Waals surface area contributed by atoms with Gasteiger partial charge in [-0.1, -0.05) is 12.1 Å². The summed E-state index contributed by atoms with van der Waals surface area (Å²) in [5.41, 5.74) is 2.18. The van der Waals surface area contributed by atoms with Crippen molar-refractivity contribution in [2.75, 3.05) is 0 Å².